The number of anilines is 2. The van der Waals surface area contributed by atoms with E-state index < -0.39 is 11.3 Å². The number of hydrogen-bond donors (Lipinski definition) is 1. The summed E-state index contributed by atoms with van der Waals surface area (Å²) in [5.41, 5.74) is 0.582. The first-order chi connectivity index (χ1) is 11.7. The molecule has 130 valence electrons. The summed E-state index contributed by atoms with van der Waals surface area (Å²) in [7, 11) is 1.65. The highest BCUT2D eigenvalue weighted by molar-refractivity contribution is 6.14. The molecule has 0 saturated heterocycles. The molecule has 2 amide bonds. The van der Waals surface area contributed by atoms with E-state index in [1.807, 2.05) is 30.3 Å². The summed E-state index contributed by atoms with van der Waals surface area (Å²) >= 11 is 0. The molecule has 0 bridgehead atoms. The zero-order chi connectivity index (χ0) is 18.6. The predicted molar refractivity (Wildman–Crippen MR) is 98.7 cm³/mol. The molecule has 0 unspecified atom stereocenters. The van der Waals surface area contributed by atoms with Gasteiger partial charge in [0.2, 0.25) is 11.8 Å². The third-order valence-corrected chi connectivity index (χ3v) is 4.10. The number of nitrogens with one attached hydrogen (secondary N) is 1. The highest BCUT2D eigenvalue weighted by Crippen LogP contribution is 2.25. The number of carbonyl (C=O) groups excluding carboxylic acids is 3. The molecular formula is C20H22N2O3. The Labute approximate surface area is 147 Å². The second-order valence-corrected chi connectivity index (χ2v) is 6.41. The van der Waals surface area contributed by atoms with Crippen LogP contribution in [0.3, 0.4) is 0 Å². The third-order valence-electron chi connectivity index (χ3n) is 4.10. The molecule has 0 fully saturated rings. The van der Waals surface area contributed by atoms with Crippen molar-refractivity contribution in [1.82, 2.24) is 0 Å². The summed E-state index contributed by atoms with van der Waals surface area (Å²) in [5.74, 6) is -0.759. The van der Waals surface area contributed by atoms with E-state index in [4.69, 9.17) is 0 Å². The lowest BCUT2D eigenvalue weighted by Crippen LogP contribution is -2.46. The van der Waals surface area contributed by atoms with Gasteiger partial charge in [-0.05, 0) is 57.2 Å². The summed E-state index contributed by atoms with van der Waals surface area (Å²) in [5, 5.41) is 2.74. The van der Waals surface area contributed by atoms with Crippen LogP contribution in [0, 0.1) is 5.41 Å². The van der Waals surface area contributed by atoms with Crippen molar-refractivity contribution in [1.29, 1.82) is 0 Å². The Morgan fingerprint density at radius 1 is 0.920 bits per heavy atom. The molecule has 0 aliphatic carbocycles. The number of benzene rings is 2. The Balaban J connectivity index is 2.13. The van der Waals surface area contributed by atoms with Crippen LogP contribution < -0.4 is 10.2 Å². The summed E-state index contributed by atoms with van der Waals surface area (Å²) in [6, 6.07) is 15.7. The average Bonchev–Trinajstić information content (AvgIpc) is 2.61. The van der Waals surface area contributed by atoms with Gasteiger partial charge in [-0.3, -0.25) is 14.4 Å². The van der Waals surface area contributed by atoms with Gasteiger partial charge >= 0.3 is 0 Å². The number of para-hydroxylation sites is 1. The lowest BCUT2D eigenvalue weighted by Gasteiger charge is -2.28. The van der Waals surface area contributed by atoms with Crippen LogP contribution in [0.5, 0.6) is 0 Å². The molecule has 0 saturated carbocycles. The van der Waals surface area contributed by atoms with Gasteiger partial charge in [0, 0.05) is 24.0 Å². The number of amides is 2. The van der Waals surface area contributed by atoms with Crippen LogP contribution >= 0.6 is 0 Å². The maximum atomic E-state index is 12.8. The summed E-state index contributed by atoms with van der Waals surface area (Å²) in [6.45, 7) is 4.66. The normalized spacial score (nSPS) is 10.9. The highest BCUT2D eigenvalue weighted by atomic mass is 16.2. The van der Waals surface area contributed by atoms with Crippen LogP contribution in [-0.4, -0.2) is 24.6 Å². The standard InChI is InChI=1S/C20H22N2O3/c1-14(23)15-10-12-16(13-11-15)21-18(24)20(2,3)19(25)22(4)17-8-6-5-7-9-17/h5-13H,1-4H3,(H,21,24). The minimum Gasteiger partial charge on any atom is -0.325 e. The van der Waals surface area contributed by atoms with E-state index in [1.54, 1.807) is 45.2 Å². The monoisotopic (exact) mass is 338 g/mol. The van der Waals surface area contributed by atoms with Gasteiger partial charge in [0.15, 0.2) is 5.78 Å². The zero-order valence-corrected chi connectivity index (χ0v) is 14.9. The minimum absolute atomic E-state index is 0.0436. The van der Waals surface area contributed by atoms with Gasteiger partial charge < -0.3 is 10.2 Å². The first kappa shape index (κ1) is 18.4. The van der Waals surface area contributed by atoms with E-state index in [0.717, 1.165) is 5.69 Å². The van der Waals surface area contributed by atoms with Gasteiger partial charge in [-0.25, -0.2) is 0 Å². The fourth-order valence-corrected chi connectivity index (χ4v) is 2.36. The summed E-state index contributed by atoms with van der Waals surface area (Å²) in [6.07, 6.45) is 0. The Kier molecular flexibility index (Phi) is 5.37. The molecule has 5 nitrogen and oxygen atoms in total. The molecule has 0 radical (unpaired) electrons. The van der Waals surface area contributed by atoms with Crippen molar-refractivity contribution in [2.75, 3.05) is 17.3 Å². The maximum Gasteiger partial charge on any atom is 0.241 e. The summed E-state index contributed by atoms with van der Waals surface area (Å²) < 4.78 is 0. The van der Waals surface area contributed by atoms with Gasteiger partial charge in [-0.15, -0.1) is 0 Å². The molecule has 0 atom stereocenters. The topological polar surface area (TPSA) is 66.5 Å². The van der Waals surface area contributed by atoms with E-state index in [1.165, 1.54) is 11.8 Å². The van der Waals surface area contributed by atoms with E-state index >= 15 is 0 Å². The van der Waals surface area contributed by atoms with Gasteiger partial charge in [0.25, 0.3) is 0 Å². The van der Waals surface area contributed by atoms with Crippen molar-refractivity contribution in [2.45, 2.75) is 20.8 Å². The molecule has 0 spiro atoms. The van der Waals surface area contributed by atoms with Crippen LogP contribution in [0.25, 0.3) is 0 Å². The molecule has 2 aromatic carbocycles. The molecule has 5 heteroatoms. The Morgan fingerprint density at radius 3 is 2.00 bits per heavy atom. The number of carbonyl (C=O) groups is 3. The molecule has 1 N–H and O–H groups in total. The Morgan fingerprint density at radius 2 is 1.48 bits per heavy atom. The second-order valence-electron chi connectivity index (χ2n) is 6.41. The predicted octanol–water partition coefficient (Wildman–Crippen LogP) is 3.52. The number of rotatable bonds is 5. The number of nitrogens with zero attached hydrogens (tertiary/aromatic N) is 1. The van der Waals surface area contributed by atoms with Gasteiger partial charge in [-0.2, -0.15) is 0 Å². The van der Waals surface area contributed by atoms with Crippen molar-refractivity contribution in [2.24, 2.45) is 5.41 Å². The molecule has 2 aromatic rings. The van der Waals surface area contributed by atoms with Gasteiger partial charge in [0.1, 0.15) is 5.41 Å². The Bertz CT molecular complexity index is 780. The SMILES string of the molecule is CC(=O)c1ccc(NC(=O)C(C)(C)C(=O)N(C)c2ccccc2)cc1. The van der Waals surface area contributed by atoms with Crippen molar-refractivity contribution in [3.8, 4) is 0 Å². The Hall–Kier alpha value is -2.95. The third kappa shape index (κ3) is 4.12. The smallest absolute Gasteiger partial charge is 0.241 e. The lowest BCUT2D eigenvalue weighted by atomic mass is 9.90. The minimum atomic E-state index is -1.25. The van der Waals surface area contributed by atoms with E-state index in [-0.39, 0.29) is 11.7 Å². The summed E-state index contributed by atoms with van der Waals surface area (Å²) in [4.78, 5) is 38.1. The van der Waals surface area contributed by atoms with E-state index in [0.29, 0.717) is 11.3 Å². The molecule has 25 heavy (non-hydrogen) atoms. The number of ketones is 1. The van der Waals surface area contributed by atoms with E-state index in [2.05, 4.69) is 5.32 Å². The largest absolute Gasteiger partial charge is 0.325 e. The lowest BCUT2D eigenvalue weighted by molar-refractivity contribution is -0.136. The van der Waals surface area contributed by atoms with Crippen molar-refractivity contribution in [3.05, 3.63) is 60.2 Å². The average molecular weight is 338 g/mol. The number of Topliss-reactive ketones (excluding diaryl/α,β-unsaturated/α-hetero) is 1. The van der Waals surface area contributed by atoms with Crippen LogP contribution in [0.4, 0.5) is 11.4 Å². The quantitative estimate of drug-likeness (QED) is 0.670. The highest BCUT2D eigenvalue weighted by Gasteiger charge is 2.38. The fraction of sp³-hybridized carbons (Fsp3) is 0.250. The molecule has 0 heterocycles. The van der Waals surface area contributed by atoms with Crippen LogP contribution in [-0.2, 0) is 9.59 Å². The van der Waals surface area contributed by atoms with Crippen LogP contribution in [0.15, 0.2) is 54.6 Å². The van der Waals surface area contributed by atoms with Crippen LogP contribution in [0.2, 0.25) is 0 Å². The first-order valence-electron chi connectivity index (χ1n) is 7.99. The first-order valence-corrected chi connectivity index (χ1v) is 7.99. The zero-order valence-electron chi connectivity index (χ0n) is 14.9. The molecular weight excluding hydrogens is 316 g/mol. The van der Waals surface area contributed by atoms with E-state index in [9.17, 15) is 14.4 Å². The molecule has 0 aliphatic rings. The molecule has 2 rings (SSSR count). The van der Waals surface area contributed by atoms with Crippen molar-refractivity contribution in [3.63, 3.8) is 0 Å². The maximum absolute atomic E-state index is 12.8. The molecule has 0 aromatic heterocycles. The van der Waals surface area contributed by atoms with Gasteiger partial charge in [0.05, 0.1) is 0 Å². The second kappa shape index (κ2) is 7.30. The van der Waals surface area contributed by atoms with Crippen molar-refractivity contribution < 1.29 is 14.4 Å². The number of hydrogen-bond acceptors (Lipinski definition) is 3. The fourth-order valence-electron chi connectivity index (χ4n) is 2.36. The van der Waals surface area contributed by atoms with Crippen LogP contribution in [0.1, 0.15) is 31.1 Å². The van der Waals surface area contributed by atoms with Crippen molar-refractivity contribution >= 4 is 29.0 Å². The molecule has 0 aliphatic heterocycles. The van der Waals surface area contributed by atoms with Gasteiger partial charge in [-0.1, -0.05) is 18.2 Å².